The van der Waals surface area contributed by atoms with Crippen molar-refractivity contribution in [1.82, 2.24) is 20.9 Å². The molecule has 0 aliphatic rings. The zero-order valence-corrected chi connectivity index (χ0v) is 24.6. The number of nitrogens with two attached hydrogens (primary N) is 1. The number of aromatic hydroxyl groups is 1. The van der Waals surface area contributed by atoms with E-state index >= 15 is 0 Å². The van der Waals surface area contributed by atoms with Crippen molar-refractivity contribution in [3.63, 3.8) is 0 Å². The summed E-state index contributed by atoms with van der Waals surface area (Å²) in [7, 11) is 1.49. The number of benzene rings is 2. The number of carbonyl (C=O) groups is 4. The molecule has 0 heterocycles. The van der Waals surface area contributed by atoms with Crippen LogP contribution in [-0.4, -0.2) is 88.0 Å². The minimum absolute atomic E-state index is 0.101. The number of likely N-dealkylation sites (N-methyl/N-ethyl adjacent to an activating group) is 1. The van der Waals surface area contributed by atoms with Gasteiger partial charge in [-0.15, -0.1) is 0 Å². The Hall–Kier alpha value is -3.61. The summed E-state index contributed by atoms with van der Waals surface area (Å²) in [5.74, 6) is -1.01. The highest BCUT2D eigenvalue weighted by Gasteiger charge is 2.28. The maximum absolute atomic E-state index is 13.0. The summed E-state index contributed by atoms with van der Waals surface area (Å²) < 4.78 is 11.9. The van der Waals surface area contributed by atoms with Gasteiger partial charge in [-0.1, -0.05) is 60.6 Å². The average Bonchev–Trinajstić information content (AvgIpc) is 2.95. The van der Waals surface area contributed by atoms with E-state index in [1.165, 1.54) is 31.0 Å². The lowest BCUT2D eigenvalue weighted by Gasteiger charge is -2.28. The van der Waals surface area contributed by atoms with Gasteiger partial charge in [-0.05, 0) is 43.0 Å². The molecule has 224 valence electrons. The Kier molecular flexibility index (Phi) is 14.1. The van der Waals surface area contributed by atoms with Crippen LogP contribution < -0.4 is 21.7 Å². The summed E-state index contributed by atoms with van der Waals surface area (Å²) in [5, 5.41) is 17.2. The van der Waals surface area contributed by atoms with E-state index in [0.29, 0.717) is 11.5 Å². The number of nitrogens with one attached hydrogen (secondary N) is 3. The van der Waals surface area contributed by atoms with Crippen LogP contribution in [0, 0.1) is 0 Å². The Bertz CT molecular complexity index is 1130. The van der Waals surface area contributed by atoms with Gasteiger partial charge in [0, 0.05) is 13.5 Å². The van der Waals surface area contributed by atoms with Crippen LogP contribution in [0.15, 0.2) is 54.6 Å². The van der Waals surface area contributed by atoms with E-state index in [2.05, 4.69) is 16.0 Å². The van der Waals surface area contributed by atoms with Gasteiger partial charge in [0.25, 0.3) is 0 Å². The molecule has 0 aliphatic carbocycles. The molecule has 0 fully saturated rings. The van der Waals surface area contributed by atoms with Crippen LogP contribution in [0.5, 0.6) is 5.75 Å². The van der Waals surface area contributed by atoms with E-state index in [1.54, 1.807) is 12.1 Å². The fourth-order valence-electron chi connectivity index (χ4n) is 3.96. The molecule has 2 aromatic carbocycles. The number of rotatable bonds is 16. The van der Waals surface area contributed by atoms with Crippen molar-refractivity contribution in [2.75, 3.05) is 31.6 Å². The SMILES string of the molecule is CCC[S+]([O-])CCNC(=O)[C@H](Cc1ccccc1)N(C)C(=O)CNC(=O)[C@@H](C)NC(=O)[C@@H](N)Cc1ccc(O)cc1. The van der Waals surface area contributed by atoms with Gasteiger partial charge in [-0.3, -0.25) is 19.2 Å². The molecule has 4 amide bonds. The first kappa shape index (κ1) is 33.6. The lowest BCUT2D eigenvalue weighted by molar-refractivity contribution is -0.139. The summed E-state index contributed by atoms with van der Waals surface area (Å²) in [6, 6.07) is 12.8. The second-order valence-electron chi connectivity index (χ2n) is 9.77. The smallest absolute Gasteiger partial charge is 0.243 e. The zero-order valence-electron chi connectivity index (χ0n) is 23.8. The normalized spacial score (nSPS) is 13.8. The third-order valence-electron chi connectivity index (χ3n) is 6.39. The molecule has 0 aromatic heterocycles. The van der Waals surface area contributed by atoms with Crippen LogP contribution in [0.3, 0.4) is 0 Å². The van der Waals surface area contributed by atoms with Gasteiger partial charge in [-0.25, -0.2) is 0 Å². The third kappa shape index (κ3) is 11.8. The highest BCUT2D eigenvalue weighted by atomic mass is 32.2. The Labute approximate surface area is 244 Å². The van der Waals surface area contributed by atoms with E-state index in [-0.39, 0.29) is 37.6 Å². The van der Waals surface area contributed by atoms with Gasteiger partial charge in [0.2, 0.25) is 23.6 Å². The number of hydrogen-bond donors (Lipinski definition) is 5. The molecule has 6 N–H and O–H groups in total. The van der Waals surface area contributed by atoms with Crippen LogP contribution in [0.1, 0.15) is 31.4 Å². The molecule has 4 atom stereocenters. The van der Waals surface area contributed by atoms with Crippen LogP contribution >= 0.6 is 0 Å². The van der Waals surface area contributed by atoms with Gasteiger partial charge < -0.3 is 36.2 Å². The maximum atomic E-state index is 13.0. The van der Waals surface area contributed by atoms with Gasteiger partial charge in [0.15, 0.2) is 0 Å². The average molecular weight is 588 g/mol. The summed E-state index contributed by atoms with van der Waals surface area (Å²) in [4.78, 5) is 52.4. The minimum atomic E-state index is -1.03. The van der Waals surface area contributed by atoms with Crippen LogP contribution in [0.25, 0.3) is 0 Å². The molecular formula is C29H41N5O6S. The first-order chi connectivity index (χ1) is 19.5. The molecule has 0 bridgehead atoms. The highest BCUT2D eigenvalue weighted by Crippen LogP contribution is 2.11. The second-order valence-corrected chi connectivity index (χ2v) is 11.5. The van der Waals surface area contributed by atoms with Crippen molar-refractivity contribution < 1.29 is 28.8 Å². The molecule has 0 radical (unpaired) electrons. The number of amides is 4. The van der Waals surface area contributed by atoms with Crippen molar-refractivity contribution >= 4 is 34.8 Å². The first-order valence-electron chi connectivity index (χ1n) is 13.6. The summed E-state index contributed by atoms with van der Waals surface area (Å²) >= 11 is -1.03. The maximum Gasteiger partial charge on any atom is 0.243 e. The number of hydrogen-bond acceptors (Lipinski definition) is 7. The predicted octanol–water partition coefficient (Wildman–Crippen LogP) is 0.228. The Balaban J connectivity index is 1.92. The van der Waals surface area contributed by atoms with Gasteiger partial charge >= 0.3 is 0 Å². The second kappa shape index (κ2) is 17.3. The summed E-state index contributed by atoms with van der Waals surface area (Å²) in [6.07, 6.45) is 1.25. The first-order valence-corrected chi connectivity index (χ1v) is 15.0. The van der Waals surface area contributed by atoms with E-state index in [1.807, 2.05) is 37.3 Å². The molecule has 12 heteroatoms. The van der Waals surface area contributed by atoms with E-state index in [0.717, 1.165) is 17.5 Å². The lowest BCUT2D eigenvalue weighted by Crippen LogP contribution is -2.54. The Morgan fingerprint density at radius 3 is 2.20 bits per heavy atom. The monoisotopic (exact) mass is 587 g/mol. The Morgan fingerprint density at radius 1 is 0.927 bits per heavy atom. The summed E-state index contributed by atoms with van der Waals surface area (Å²) in [6.45, 7) is 3.26. The molecule has 2 rings (SSSR count). The molecule has 0 spiro atoms. The molecule has 2 aromatic rings. The molecule has 0 saturated heterocycles. The fraction of sp³-hybridized carbons (Fsp3) is 0.448. The van der Waals surface area contributed by atoms with Crippen molar-refractivity contribution in [1.29, 1.82) is 0 Å². The zero-order chi connectivity index (χ0) is 30.4. The van der Waals surface area contributed by atoms with Crippen LogP contribution in [0.2, 0.25) is 0 Å². The van der Waals surface area contributed by atoms with E-state index < -0.39 is 47.0 Å². The number of phenols is 1. The fourth-order valence-corrected chi connectivity index (χ4v) is 4.95. The molecular weight excluding hydrogens is 546 g/mol. The standard InChI is InChI=1S/C29H41N5O6S/c1-4-15-41(40)16-14-31-29(39)25(18-21-8-6-5-7-9-21)34(3)26(36)19-32-27(37)20(2)33-28(38)24(30)17-22-10-12-23(35)13-11-22/h5-13,20,24-25,35H,4,14-19,30H2,1-3H3,(H,31,39)(H,32,37)(H,33,38)/t20-,24+,25+,41?/m1/s1. The number of nitrogens with zero attached hydrogens (tertiary/aromatic N) is 1. The topological polar surface area (TPSA) is 177 Å². The van der Waals surface area contributed by atoms with Crippen LogP contribution in [-0.2, 0) is 43.2 Å². The van der Waals surface area contributed by atoms with Crippen molar-refractivity contribution in [3.05, 3.63) is 65.7 Å². The Morgan fingerprint density at radius 2 is 1.56 bits per heavy atom. The van der Waals surface area contributed by atoms with Gasteiger partial charge in [0.05, 0.1) is 19.1 Å². The van der Waals surface area contributed by atoms with Gasteiger partial charge in [-0.2, -0.15) is 0 Å². The van der Waals surface area contributed by atoms with Crippen LogP contribution in [0.4, 0.5) is 0 Å². The molecule has 1 unspecified atom stereocenters. The number of phenolic OH excluding ortho intramolecular Hbond substituents is 1. The summed E-state index contributed by atoms with van der Waals surface area (Å²) in [5.41, 5.74) is 7.57. The largest absolute Gasteiger partial charge is 0.616 e. The highest BCUT2D eigenvalue weighted by molar-refractivity contribution is 7.91. The van der Waals surface area contributed by atoms with E-state index in [9.17, 15) is 28.8 Å². The lowest BCUT2D eigenvalue weighted by atomic mass is 10.0. The third-order valence-corrected chi connectivity index (χ3v) is 7.91. The molecule has 0 saturated carbocycles. The van der Waals surface area contributed by atoms with Crippen molar-refractivity contribution in [3.8, 4) is 5.75 Å². The molecule has 41 heavy (non-hydrogen) atoms. The molecule has 11 nitrogen and oxygen atoms in total. The van der Waals surface area contributed by atoms with E-state index in [4.69, 9.17) is 5.73 Å². The molecule has 0 aliphatic heterocycles. The predicted molar refractivity (Wildman–Crippen MR) is 158 cm³/mol. The minimum Gasteiger partial charge on any atom is -0.616 e. The quantitative estimate of drug-likeness (QED) is 0.175. The van der Waals surface area contributed by atoms with Crippen molar-refractivity contribution in [2.45, 2.75) is 51.2 Å². The number of carbonyl (C=O) groups excluding carboxylic acids is 4. The van der Waals surface area contributed by atoms with Gasteiger partial charge in [0.1, 0.15) is 29.3 Å². The van der Waals surface area contributed by atoms with Crippen molar-refractivity contribution in [2.24, 2.45) is 5.73 Å².